The summed E-state index contributed by atoms with van der Waals surface area (Å²) in [5.74, 6) is -2.52. The number of amides is 1. The van der Waals surface area contributed by atoms with Crippen LogP contribution in [0.4, 0.5) is 13.2 Å². The molecule has 0 saturated carbocycles. The third kappa shape index (κ3) is 6.46. The molecule has 2 aromatic carbocycles. The Bertz CT molecular complexity index is 1020. The van der Waals surface area contributed by atoms with E-state index in [-0.39, 0.29) is 16.0 Å². The van der Waals surface area contributed by atoms with Crippen LogP contribution in [0.15, 0.2) is 53.4 Å². The molecule has 30 heavy (non-hydrogen) atoms. The highest BCUT2D eigenvalue weighted by atomic mass is 32.2. The van der Waals surface area contributed by atoms with Gasteiger partial charge in [0.1, 0.15) is 5.75 Å². The number of carboxylic acids is 1. The lowest BCUT2D eigenvalue weighted by molar-refractivity contribution is -0.274. The molecule has 3 N–H and O–H groups in total. The molecule has 0 bridgehead atoms. The first-order valence-corrected chi connectivity index (χ1v) is 9.81. The predicted molar refractivity (Wildman–Crippen MR) is 98.3 cm³/mol. The topological polar surface area (TPSA) is 122 Å². The number of carboxylic acid groups (broad SMARTS) is 1. The maximum Gasteiger partial charge on any atom is 0.573 e. The Morgan fingerprint density at radius 2 is 1.77 bits per heavy atom. The molecule has 0 aliphatic heterocycles. The van der Waals surface area contributed by atoms with Crippen molar-refractivity contribution in [3.8, 4) is 5.75 Å². The molecule has 0 heterocycles. The Morgan fingerprint density at radius 1 is 1.13 bits per heavy atom. The lowest BCUT2D eigenvalue weighted by Crippen LogP contribution is -2.30. The van der Waals surface area contributed by atoms with E-state index >= 15 is 0 Å². The second kappa shape index (κ2) is 9.13. The summed E-state index contributed by atoms with van der Waals surface area (Å²) in [6.45, 7) is 0. The van der Waals surface area contributed by atoms with Crippen LogP contribution in [0.1, 0.15) is 28.4 Å². The molecule has 1 atom stereocenters. The molecule has 0 aliphatic rings. The summed E-state index contributed by atoms with van der Waals surface area (Å²) in [6, 6.07) is 8.34. The number of carbonyl (C=O) groups excluding carboxylic acids is 1. The lowest BCUT2D eigenvalue weighted by Gasteiger charge is -2.18. The van der Waals surface area contributed by atoms with E-state index in [4.69, 9.17) is 5.11 Å². The predicted octanol–water partition coefficient (Wildman–Crippen LogP) is 2.44. The first kappa shape index (κ1) is 23.2. The Balaban J connectivity index is 2.26. The minimum absolute atomic E-state index is 0.0428. The normalized spacial score (nSPS) is 12.8. The highest BCUT2D eigenvalue weighted by Crippen LogP contribution is 2.26. The molecule has 0 radical (unpaired) electrons. The molecule has 162 valence electrons. The third-order valence-corrected chi connectivity index (χ3v) is 5.29. The lowest BCUT2D eigenvalue weighted by atomic mass is 10.0. The number of hydrogen-bond acceptors (Lipinski definition) is 5. The fourth-order valence-corrected chi connectivity index (χ4v) is 3.27. The van der Waals surface area contributed by atoms with Gasteiger partial charge in [0.2, 0.25) is 10.0 Å². The Labute approximate surface area is 169 Å². The number of alkyl halides is 3. The maximum atomic E-state index is 12.5. The molecule has 2 rings (SSSR count). The zero-order chi connectivity index (χ0) is 22.5. The standard InChI is InChI=1S/C18H17F3N2O6S/c1-22-30(27,28)14-4-2-3-12(9-14)17(26)23-15(10-16(24)25)11-5-7-13(8-6-11)29-18(19,20)21/h2-9,15,22H,10H2,1H3,(H,23,26)(H,24,25). The number of carbonyl (C=O) groups is 2. The van der Waals surface area contributed by atoms with E-state index < -0.39 is 46.5 Å². The summed E-state index contributed by atoms with van der Waals surface area (Å²) < 4.78 is 66.4. The smallest absolute Gasteiger partial charge is 0.481 e. The number of sulfonamides is 1. The zero-order valence-electron chi connectivity index (χ0n) is 15.4. The number of hydrogen-bond donors (Lipinski definition) is 3. The van der Waals surface area contributed by atoms with Crippen LogP contribution in [0.25, 0.3) is 0 Å². The van der Waals surface area contributed by atoms with E-state index in [1.807, 2.05) is 0 Å². The van der Waals surface area contributed by atoms with Crippen LogP contribution < -0.4 is 14.8 Å². The molecule has 12 heteroatoms. The van der Waals surface area contributed by atoms with Gasteiger partial charge in [0.05, 0.1) is 17.4 Å². The Hall–Kier alpha value is -3.12. The summed E-state index contributed by atoms with van der Waals surface area (Å²) in [4.78, 5) is 23.5. The number of halogens is 3. The molecule has 0 aliphatic carbocycles. The summed E-state index contributed by atoms with van der Waals surface area (Å²) in [6.07, 6.45) is -5.44. The van der Waals surface area contributed by atoms with Gasteiger partial charge in [-0.25, -0.2) is 13.1 Å². The van der Waals surface area contributed by atoms with E-state index in [0.29, 0.717) is 0 Å². The monoisotopic (exact) mass is 446 g/mol. The molecule has 2 aromatic rings. The van der Waals surface area contributed by atoms with E-state index in [9.17, 15) is 31.2 Å². The van der Waals surface area contributed by atoms with Crippen molar-refractivity contribution in [3.05, 3.63) is 59.7 Å². The fraction of sp³-hybridized carbons (Fsp3) is 0.222. The molecular weight excluding hydrogens is 429 g/mol. The largest absolute Gasteiger partial charge is 0.573 e. The minimum Gasteiger partial charge on any atom is -0.481 e. The van der Waals surface area contributed by atoms with Crippen molar-refractivity contribution in [1.29, 1.82) is 0 Å². The molecule has 8 nitrogen and oxygen atoms in total. The highest BCUT2D eigenvalue weighted by Gasteiger charge is 2.31. The average molecular weight is 446 g/mol. The highest BCUT2D eigenvalue weighted by molar-refractivity contribution is 7.89. The number of aliphatic carboxylic acids is 1. The van der Waals surface area contributed by atoms with Crippen molar-refractivity contribution in [2.45, 2.75) is 23.7 Å². The van der Waals surface area contributed by atoms with Crippen molar-refractivity contribution >= 4 is 21.9 Å². The minimum atomic E-state index is -4.88. The molecule has 1 unspecified atom stereocenters. The molecule has 0 saturated heterocycles. The first-order chi connectivity index (χ1) is 13.9. The quantitative estimate of drug-likeness (QED) is 0.573. The van der Waals surface area contributed by atoms with Crippen molar-refractivity contribution < 1.29 is 41.0 Å². The molecule has 0 fully saturated rings. The number of ether oxygens (including phenoxy) is 1. The molecular formula is C18H17F3N2O6S. The van der Waals surface area contributed by atoms with Gasteiger partial charge in [0.25, 0.3) is 5.91 Å². The number of nitrogens with one attached hydrogen (secondary N) is 2. The van der Waals surface area contributed by atoms with Crippen LogP contribution in [-0.2, 0) is 14.8 Å². The van der Waals surface area contributed by atoms with Gasteiger partial charge in [0.15, 0.2) is 0 Å². The fourth-order valence-electron chi connectivity index (χ4n) is 2.49. The zero-order valence-corrected chi connectivity index (χ0v) is 16.3. The Kier molecular flexibility index (Phi) is 7.05. The first-order valence-electron chi connectivity index (χ1n) is 8.33. The summed E-state index contributed by atoms with van der Waals surface area (Å²) in [5, 5.41) is 11.6. The second-order valence-electron chi connectivity index (χ2n) is 5.98. The van der Waals surface area contributed by atoms with Gasteiger partial charge in [0, 0.05) is 5.56 Å². The van der Waals surface area contributed by atoms with Crippen molar-refractivity contribution in [2.24, 2.45) is 0 Å². The van der Waals surface area contributed by atoms with Crippen LogP contribution in [-0.4, -0.2) is 38.8 Å². The number of benzene rings is 2. The average Bonchev–Trinajstić information content (AvgIpc) is 2.66. The van der Waals surface area contributed by atoms with E-state index in [0.717, 1.165) is 18.2 Å². The van der Waals surface area contributed by atoms with Crippen LogP contribution in [0.2, 0.25) is 0 Å². The van der Waals surface area contributed by atoms with Crippen molar-refractivity contribution in [2.75, 3.05) is 7.05 Å². The van der Waals surface area contributed by atoms with Crippen LogP contribution >= 0.6 is 0 Å². The second-order valence-corrected chi connectivity index (χ2v) is 7.86. The van der Waals surface area contributed by atoms with Crippen LogP contribution in [0, 0.1) is 0 Å². The van der Waals surface area contributed by atoms with Gasteiger partial charge in [-0.2, -0.15) is 0 Å². The van der Waals surface area contributed by atoms with Gasteiger partial charge in [-0.1, -0.05) is 18.2 Å². The Morgan fingerprint density at radius 3 is 2.30 bits per heavy atom. The van der Waals surface area contributed by atoms with Gasteiger partial charge in [-0.3, -0.25) is 9.59 Å². The molecule has 1 amide bonds. The molecule has 0 aromatic heterocycles. The van der Waals surface area contributed by atoms with Crippen molar-refractivity contribution in [3.63, 3.8) is 0 Å². The van der Waals surface area contributed by atoms with Gasteiger partial charge >= 0.3 is 12.3 Å². The van der Waals surface area contributed by atoms with E-state index in [1.54, 1.807) is 0 Å². The van der Waals surface area contributed by atoms with Crippen molar-refractivity contribution in [1.82, 2.24) is 10.0 Å². The number of rotatable bonds is 8. The van der Waals surface area contributed by atoms with Gasteiger partial charge < -0.3 is 15.2 Å². The summed E-state index contributed by atoms with van der Waals surface area (Å²) >= 11 is 0. The SMILES string of the molecule is CNS(=O)(=O)c1cccc(C(=O)NC(CC(=O)O)c2ccc(OC(F)(F)F)cc2)c1. The molecule has 0 spiro atoms. The van der Waals surface area contributed by atoms with Crippen LogP contribution in [0.3, 0.4) is 0 Å². The maximum absolute atomic E-state index is 12.5. The van der Waals surface area contributed by atoms with Crippen LogP contribution in [0.5, 0.6) is 5.75 Å². The summed E-state index contributed by atoms with van der Waals surface area (Å²) in [7, 11) is -2.60. The summed E-state index contributed by atoms with van der Waals surface area (Å²) in [5.41, 5.74) is 0.179. The third-order valence-electron chi connectivity index (χ3n) is 3.88. The van der Waals surface area contributed by atoms with Gasteiger partial charge in [-0.05, 0) is 42.9 Å². The van der Waals surface area contributed by atoms with E-state index in [2.05, 4.69) is 14.8 Å². The van der Waals surface area contributed by atoms with Gasteiger partial charge in [-0.15, -0.1) is 13.2 Å². The van der Waals surface area contributed by atoms with E-state index in [1.165, 1.54) is 37.4 Å².